The van der Waals surface area contributed by atoms with Crippen molar-refractivity contribution in [1.29, 1.82) is 0 Å². The Morgan fingerprint density at radius 3 is 2.27 bits per heavy atom. The highest BCUT2D eigenvalue weighted by Crippen LogP contribution is 2.27. The molecule has 0 radical (unpaired) electrons. The van der Waals surface area contributed by atoms with E-state index in [0.29, 0.717) is 0 Å². The van der Waals surface area contributed by atoms with Gasteiger partial charge in [0.2, 0.25) is 0 Å². The van der Waals surface area contributed by atoms with Crippen molar-refractivity contribution >= 4 is 11.4 Å². The van der Waals surface area contributed by atoms with E-state index in [1.807, 2.05) is 30.5 Å². The monoisotopic (exact) mass is 201 g/mol. The average Bonchev–Trinajstić information content (AvgIpc) is 2.61. The number of nitrogen functional groups attached to an aromatic ring is 2. The summed E-state index contributed by atoms with van der Waals surface area (Å²) >= 11 is 0. The topological polar surface area (TPSA) is 57.0 Å². The SMILES string of the molecule is CCn1cc(N)c(-c2ccc(N)cc2)c1. The second-order valence-electron chi connectivity index (χ2n) is 3.58. The second-order valence-corrected chi connectivity index (χ2v) is 3.58. The Kier molecular flexibility index (Phi) is 2.37. The van der Waals surface area contributed by atoms with Gasteiger partial charge < -0.3 is 16.0 Å². The minimum absolute atomic E-state index is 0.771. The molecule has 2 rings (SSSR count). The number of anilines is 2. The van der Waals surface area contributed by atoms with Crippen molar-refractivity contribution in [2.75, 3.05) is 11.5 Å². The molecule has 0 saturated carbocycles. The molecule has 0 aliphatic rings. The first kappa shape index (κ1) is 9.65. The number of benzene rings is 1. The van der Waals surface area contributed by atoms with E-state index in [-0.39, 0.29) is 0 Å². The van der Waals surface area contributed by atoms with Crippen molar-refractivity contribution in [3.8, 4) is 11.1 Å². The molecule has 0 aliphatic carbocycles. The summed E-state index contributed by atoms with van der Waals surface area (Å²) in [7, 11) is 0. The van der Waals surface area contributed by atoms with Gasteiger partial charge in [-0.1, -0.05) is 12.1 Å². The Labute approximate surface area is 89.3 Å². The summed E-state index contributed by atoms with van der Waals surface area (Å²) in [6.45, 7) is 3.02. The summed E-state index contributed by atoms with van der Waals surface area (Å²) in [4.78, 5) is 0. The van der Waals surface area contributed by atoms with Gasteiger partial charge in [-0.15, -0.1) is 0 Å². The molecule has 1 aromatic heterocycles. The zero-order chi connectivity index (χ0) is 10.8. The van der Waals surface area contributed by atoms with E-state index in [9.17, 15) is 0 Å². The van der Waals surface area contributed by atoms with Gasteiger partial charge in [-0.05, 0) is 24.6 Å². The van der Waals surface area contributed by atoms with E-state index in [1.54, 1.807) is 0 Å². The molecule has 0 saturated heterocycles. The number of hydrogen-bond donors (Lipinski definition) is 2. The van der Waals surface area contributed by atoms with Crippen LogP contribution in [0.3, 0.4) is 0 Å². The number of nitrogens with zero attached hydrogens (tertiary/aromatic N) is 1. The highest BCUT2D eigenvalue weighted by molar-refractivity contribution is 5.76. The molecule has 3 heteroatoms. The molecule has 1 aromatic carbocycles. The van der Waals surface area contributed by atoms with E-state index in [4.69, 9.17) is 11.5 Å². The zero-order valence-corrected chi connectivity index (χ0v) is 8.77. The highest BCUT2D eigenvalue weighted by Gasteiger charge is 2.04. The van der Waals surface area contributed by atoms with Crippen molar-refractivity contribution in [1.82, 2.24) is 4.57 Å². The number of aromatic nitrogens is 1. The maximum atomic E-state index is 5.93. The molecule has 0 amide bonds. The minimum Gasteiger partial charge on any atom is -0.399 e. The lowest BCUT2D eigenvalue weighted by Crippen LogP contribution is -1.87. The van der Waals surface area contributed by atoms with Gasteiger partial charge >= 0.3 is 0 Å². The van der Waals surface area contributed by atoms with Gasteiger partial charge in [-0.2, -0.15) is 0 Å². The molecule has 0 fully saturated rings. The molecular formula is C12H15N3. The molecule has 78 valence electrons. The summed E-state index contributed by atoms with van der Waals surface area (Å²) in [6.07, 6.45) is 4.01. The molecule has 15 heavy (non-hydrogen) atoms. The Morgan fingerprint density at radius 2 is 1.73 bits per heavy atom. The molecule has 0 atom stereocenters. The zero-order valence-electron chi connectivity index (χ0n) is 8.77. The summed E-state index contributed by atoms with van der Waals surface area (Å²) in [5.74, 6) is 0. The van der Waals surface area contributed by atoms with Crippen LogP contribution in [0.4, 0.5) is 11.4 Å². The molecule has 0 unspecified atom stereocenters. The van der Waals surface area contributed by atoms with E-state index in [0.717, 1.165) is 29.0 Å². The second kappa shape index (κ2) is 3.69. The van der Waals surface area contributed by atoms with Crippen LogP contribution in [0.2, 0.25) is 0 Å². The lowest BCUT2D eigenvalue weighted by Gasteiger charge is -2.00. The predicted molar refractivity (Wildman–Crippen MR) is 64.4 cm³/mol. The van der Waals surface area contributed by atoms with Crippen LogP contribution in [-0.2, 0) is 6.54 Å². The van der Waals surface area contributed by atoms with Crippen LogP contribution in [-0.4, -0.2) is 4.57 Å². The first-order chi connectivity index (χ1) is 7.20. The number of aryl methyl sites for hydroxylation is 1. The van der Waals surface area contributed by atoms with Gasteiger partial charge in [0.15, 0.2) is 0 Å². The first-order valence-electron chi connectivity index (χ1n) is 5.02. The van der Waals surface area contributed by atoms with E-state index < -0.39 is 0 Å². The fourth-order valence-corrected chi connectivity index (χ4v) is 1.61. The van der Waals surface area contributed by atoms with Crippen LogP contribution < -0.4 is 11.5 Å². The minimum atomic E-state index is 0.771. The standard InChI is InChI=1S/C12H15N3/c1-2-15-7-11(12(14)8-15)9-3-5-10(13)6-4-9/h3-8H,2,13-14H2,1H3. The lowest BCUT2D eigenvalue weighted by molar-refractivity contribution is 0.770. The van der Waals surface area contributed by atoms with Crippen LogP contribution in [0.15, 0.2) is 36.7 Å². The maximum absolute atomic E-state index is 5.93. The van der Waals surface area contributed by atoms with Gasteiger partial charge in [-0.25, -0.2) is 0 Å². The third-order valence-electron chi connectivity index (χ3n) is 2.50. The fourth-order valence-electron chi connectivity index (χ4n) is 1.61. The summed E-state index contributed by atoms with van der Waals surface area (Å²) < 4.78 is 2.07. The Hall–Kier alpha value is -1.90. The molecule has 3 nitrogen and oxygen atoms in total. The van der Waals surface area contributed by atoms with Crippen LogP contribution in [0.1, 0.15) is 6.92 Å². The Morgan fingerprint density at radius 1 is 1.07 bits per heavy atom. The van der Waals surface area contributed by atoms with Gasteiger partial charge in [0.25, 0.3) is 0 Å². The van der Waals surface area contributed by atoms with E-state index >= 15 is 0 Å². The van der Waals surface area contributed by atoms with Crippen molar-refractivity contribution in [3.63, 3.8) is 0 Å². The van der Waals surface area contributed by atoms with Crippen molar-refractivity contribution < 1.29 is 0 Å². The maximum Gasteiger partial charge on any atom is 0.0573 e. The highest BCUT2D eigenvalue weighted by atomic mass is 14.9. The number of nitrogens with two attached hydrogens (primary N) is 2. The van der Waals surface area contributed by atoms with Crippen LogP contribution in [0.5, 0.6) is 0 Å². The van der Waals surface area contributed by atoms with Crippen LogP contribution >= 0.6 is 0 Å². The molecule has 0 bridgehead atoms. The van der Waals surface area contributed by atoms with Gasteiger partial charge in [0, 0.05) is 30.2 Å². The number of hydrogen-bond acceptors (Lipinski definition) is 2. The van der Waals surface area contributed by atoms with Crippen LogP contribution in [0.25, 0.3) is 11.1 Å². The average molecular weight is 201 g/mol. The van der Waals surface area contributed by atoms with Crippen LogP contribution in [0, 0.1) is 0 Å². The van der Waals surface area contributed by atoms with E-state index in [2.05, 4.69) is 17.7 Å². The third-order valence-corrected chi connectivity index (χ3v) is 2.50. The Balaban J connectivity index is 2.44. The first-order valence-corrected chi connectivity index (χ1v) is 5.02. The van der Waals surface area contributed by atoms with E-state index in [1.165, 1.54) is 0 Å². The summed E-state index contributed by atoms with van der Waals surface area (Å²) in [5, 5.41) is 0. The quantitative estimate of drug-likeness (QED) is 0.733. The van der Waals surface area contributed by atoms with Crippen molar-refractivity contribution in [2.45, 2.75) is 13.5 Å². The third kappa shape index (κ3) is 1.81. The predicted octanol–water partition coefficient (Wildman–Crippen LogP) is 2.34. The molecule has 4 N–H and O–H groups in total. The van der Waals surface area contributed by atoms with Gasteiger partial charge in [0.05, 0.1) is 5.69 Å². The summed E-state index contributed by atoms with van der Waals surface area (Å²) in [5.41, 5.74) is 15.3. The smallest absolute Gasteiger partial charge is 0.0573 e. The van der Waals surface area contributed by atoms with Gasteiger partial charge in [-0.3, -0.25) is 0 Å². The fraction of sp³-hybridized carbons (Fsp3) is 0.167. The normalized spacial score (nSPS) is 10.5. The number of rotatable bonds is 2. The summed E-state index contributed by atoms with van der Waals surface area (Å²) in [6, 6.07) is 7.75. The Bertz CT molecular complexity index is 454. The van der Waals surface area contributed by atoms with Crippen molar-refractivity contribution in [3.05, 3.63) is 36.7 Å². The largest absolute Gasteiger partial charge is 0.399 e. The molecule has 1 heterocycles. The molecular weight excluding hydrogens is 186 g/mol. The molecule has 0 spiro atoms. The molecule has 0 aliphatic heterocycles. The van der Waals surface area contributed by atoms with Gasteiger partial charge in [0.1, 0.15) is 0 Å². The lowest BCUT2D eigenvalue weighted by atomic mass is 10.1. The van der Waals surface area contributed by atoms with Crippen molar-refractivity contribution in [2.24, 2.45) is 0 Å². The molecule has 2 aromatic rings.